The molecule has 0 bridgehead atoms. The molecule has 0 unspecified atom stereocenters. The first-order valence-electron chi connectivity index (χ1n) is 3.65. The Balaban J connectivity index is 3.79. The second kappa shape index (κ2) is 4.74. The number of halogens is 2. The van der Waals surface area contributed by atoms with Gasteiger partial charge in [-0.05, 0) is 0 Å². The van der Waals surface area contributed by atoms with Crippen LogP contribution in [0.3, 0.4) is 0 Å². The molecule has 4 nitrogen and oxygen atoms in total. The number of aliphatic carboxylic acids is 2. The number of alkyl halides is 2. The van der Waals surface area contributed by atoms with Crippen molar-refractivity contribution in [2.24, 2.45) is 0 Å². The monoisotopic (exact) mass is 196 g/mol. The molecule has 0 saturated carbocycles. The van der Waals surface area contributed by atoms with E-state index in [0.717, 1.165) is 0 Å². The highest BCUT2D eigenvalue weighted by Crippen LogP contribution is 2.25. The highest BCUT2D eigenvalue weighted by molar-refractivity contribution is 5.67. The van der Waals surface area contributed by atoms with Gasteiger partial charge in [0.05, 0.1) is 12.8 Å². The van der Waals surface area contributed by atoms with E-state index in [0.29, 0.717) is 0 Å². The first-order chi connectivity index (χ1) is 5.83. The number of carboxylic acids is 2. The average molecular weight is 196 g/mol. The number of carbonyl (C=O) groups is 2. The molecule has 0 aromatic carbocycles. The van der Waals surface area contributed by atoms with Gasteiger partial charge in [-0.1, -0.05) is 0 Å². The Kier molecular flexibility index (Phi) is 4.30. The van der Waals surface area contributed by atoms with Crippen LogP contribution in [0.25, 0.3) is 0 Å². The summed E-state index contributed by atoms with van der Waals surface area (Å²) in [4.78, 5) is 19.9. The standard InChI is InChI=1S/C7H10F2O4/c8-7(9,3-1-5(10)11)4-2-6(12)13/h1-4H2,(H,10,11)(H,12,13). The molecule has 0 aromatic heterocycles. The van der Waals surface area contributed by atoms with Crippen LogP contribution in [0.1, 0.15) is 25.7 Å². The van der Waals surface area contributed by atoms with Crippen molar-refractivity contribution in [3.63, 3.8) is 0 Å². The zero-order valence-corrected chi connectivity index (χ0v) is 6.80. The lowest BCUT2D eigenvalue weighted by Crippen LogP contribution is -2.19. The lowest BCUT2D eigenvalue weighted by molar-refractivity contribution is -0.141. The van der Waals surface area contributed by atoms with Crippen molar-refractivity contribution in [1.29, 1.82) is 0 Å². The molecule has 0 heterocycles. The maximum absolute atomic E-state index is 12.6. The predicted molar refractivity (Wildman–Crippen MR) is 38.7 cm³/mol. The van der Waals surface area contributed by atoms with Crippen LogP contribution >= 0.6 is 0 Å². The minimum atomic E-state index is -3.20. The molecule has 0 aliphatic carbocycles. The van der Waals surface area contributed by atoms with Gasteiger partial charge in [0.2, 0.25) is 5.92 Å². The van der Waals surface area contributed by atoms with Gasteiger partial charge < -0.3 is 10.2 Å². The number of hydrogen-bond donors (Lipinski definition) is 2. The van der Waals surface area contributed by atoms with Crippen molar-refractivity contribution < 1.29 is 28.6 Å². The first kappa shape index (κ1) is 11.8. The molecule has 0 amide bonds. The van der Waals surface area contributed by atoms with E-state index in [1.165, 1.54) is 0 Å². The van der Waals surface area contributed by atoms with E-state index in [4.69, 9.17) is 10.2 Å². The molecule has 13 heavy (non-hydrogen) atoms. The summed E-state index contributed by atoms with van der Waals surface area (Å²) in [5.41, 5.74) is 0. The molecule has 0 aliphatic rings. The third-order valence-electron chi connectivity index (χ3n) is 1.41. The largest absolute Gasteiger partial charge is 0.481 e. The summed E-state index contributed by atoms with van der Waals surface area (Å²) in [7, 11) is 0. The fourth-order valence-electron chi connectivity index (χ4n) is 0.705. The van der Waals surface area contributed by atoms with Gasteiger partial charge in [-0.3, -0.25) is 9.59 Å². The van der Waals surface area contributed by atoms with Crippen LogP contribution in [0.5, 0.6) is 0 Å². The van der Waals surface area contributed by atoms with Gasteiger partial charge >= 0.3 is 11.9 Å². The highest BCUT2D eigenvalue weighted by Gasteiger charge is 2.29. The summed E-state index contributed by atoms with van der Waals surface area (Å²) < 4.78 is 25.2. The molecular weight excluding hydrogens is 186 g/mol. The number of carboxylic acid groups (broad SMARTS) is 2. The van der Waals surface area contributed by atoms with Gasteiger partial charge in [0.15, 0.2) is 0 Å². The van der Waals surface area contributed by atoms with Crippen molar-refractivity contribution in [3.8, 4) is 0 Å². The van der Waals surface area contributed by atoms with Crippen molar-refractivity contribution >= 4 is 11.9 Å². The average Bonchev–Trinajstić information content (AvgIpc) is 1.98. The molecule has 6 heteroatoms. The van der Waals surface area contributed by atoms with Crippen molar-refractivity contribution in [3.05, 3.63) is 0 Å². The van der Waals surface area contributed by atoms with Gasteiger partial charge in [-0.15, -0.1) is 0 Å². The summed E-state index contributed by atoms with van der Waals surface area (Å²) in [5, 5.41) is 16.2. The van der Waals surface area contributed by atoms with E-state index < -0.39 is 43.5 Å². The van der Waals surface area contributed by atoms with Crippen LogP contribution in [-0.2, 0) is 9.59 Å². The molecule has 0 rings (SSSR count). The SMILES string of the molecule is O=C(O)CCC(F)(F)CCC(=O)O. The lowest BCUT2D eigenvalue weighted by Gasteiger charge is -2.13. The normalized spacial score (nSPS) is 11.2. The van der Waals surface area contributed by atoms with Crippen molar-refractivity contribution in [2.75, 3.05) is 0 Å². The Hall–Kier alpha value is -1.20. The van der Waals surface area contributed by atoms with E-state index in [9.17, 15) is 18.4 Å². The Bertz CT molecular complexity index is 183. The fraction of sp³-hybridized carbons (Fsp3) is 0.714. The number of rotatable bonds is 6. The lowest BCUT2D eigenvalue weighted by atomic mass is 10.1. The maximum Gasteiger partial charge on any atom is 0.303 e. The Morgan fingerprint density at radius 1 is 1.00 bits per heavy atom. The minimum absolute atomic E-state index is 0.646. The highest BCUT2D eigenvalue weighted by atomic mass is 19.3. The second-order valence-corrected chi connectivity index (χ2v) is 2.64. The Labute approximate surface area is 73.2 Å². The van der Waals surface area contributed by atoms with Crippen LogP contribution in [0.2, 0.25) is 0 Å². The summed E-state index contributed by atoms with van der Waals surface area (Å²) in [6, 6.07) is 0. The van der Waals surface area contributed by atoms with Gasteiger partial charge in [0.25, 0.3) is 0 Å². The van der Waals surface area contributed by atoms with Gasteiger partial charge in [-0.25, -0.2) is 8.78 Å². The fourth-order valence-corrected chi connectivity index (χ4v) is 0.705. The predicted octanol–water partition coefficient (Wildman–Crippen LogP) is 1.35. The van der Waals surface area contributed by atoms with Gasteiger partial charge in [0, 0.05) is 12.8 Å². The third kappa shape index (κ3) is 7.17. The minimum Gasteiger partial charge on any atom is -0.481 e. The van der Waals surface area contributed by atoms with Crippen LogP contribution in [0.4, 0.5) is 8.78 Å². The number of hydrogen-bond acceptors (Lipinski definition) is 2. The Morgan fingerprint density at radius 2 is 1.31 bits per heavy atom. The van der Waals surface area contributed by atoms with Crippen LogP contribution in [0.15, 0.2) is 0 Å². The summed E-state index contributed by atoms with van der Waals surface area (Å²) in [6.45, 7) is 0. The molecule has 0 aromatic rings. The first-order valence-corrected chi connectivity index (χ1v) is 3.65. The van der Waals surface area contributed by atoms with Crippen LogP contribution in [0, 0.1) is 0 Å². The van der Waals surface area contributed by atoms with E-state index in [1.807, 2.05) is 0 Å². The molecule has 76 valence electrons. The quantitative estimate of drug-likeness (QED) is 0.672. The summed E-state index contributed by atoms with van der Waals surface area (Å²) in [6.07, 6.45) is -2.91. The van der Waals surface area contributed by atoms with Gasteiger partial charge in [-0.2, -0.15) is 0 Å². The van der Waals surface area contributed by atoms with E-state index in [2.05, 4.69) is 0 Å². The maximum atomic E-state index is 12.6. The molecular formula is C7H10F2O4. The van der Waals surface area contributed by atoms with Crippen LogP contribution in [-0.4, -0.2) is 28.1 Å². The summed E-state index contributed by atoms with van der Waals surface area (Å²) >= 11 is 0. The molecule has 0 atom stereocenters. The smallest absolute Gasteiger partial charge is 0.303 e. The van der Waals surface area contributed by atoms with E-state index >= 15 is 0 Å². The Morgan fingerprint density at radius 3 is 1.54 bits per heavy atom. The molecule has 0 saturated heterocycles. The van der Waals surface area contributed by atoms with Crippen molar-refractivity contribution in [2.45, 2.75) is 31.6 Å². The topological polar surface area (TPSA) is 74.6 Å². The molecule has 0 aliphatic heterocycles. The van der Waals surface area contributed by atoms with Crippen molar-refractivity contribution in [1.82, 2.24) is 0 Å². The van der Waals surface area contributed by atoms with E-state index in [-0.39, 0.29) is 0 Å². The van der Waals surface area contributed by atoms with E-state index in [1.54, 1.807) is 0 Å². The molecule has 0 spiro atoms. The summed E-state index contributed by atoms with van der Waals surface area (Å²) in [5.74, 6) is -5.82. The second-order valence-electron chi connectivity index (χ2n) is 2.64. The van der Waals surface area contributed by atoms with Gasteiger partial charge in [0.1, 0.15) is 0 Å². The zero-order chi connectivity index (χ0) is 10.5. The third-order valence-corrected chi connectivity index (χ3v) is 1.41. The molecule has 0 radical (unpaired) electrons. The molecule has 0 fully saturated rings. The van der Waals surface area contributed by atoms with Crippen LogP contribution < -0.4 is 0 Å². The zero-order valence-electron chi connectivity index (χ0n) is 6.80. The molecule has 2 N–H and O–H groups in total.